The molecule has 0 unspecified atom stereocenters. The summed E-state index contributed by atoms with van der Waals surface area (Å²) in [5.41, 5.74) is 0.0448. The van der Waals surface area contributed by atoms with Crippen molar-refractivity contribution in [2.24, 2.45) is 0 Å². The molecule has 0 aliphatic carbocycles. The van der Waals surface area contributed by atoms with Crippen LogP contribution in [0, 0.1) is 16.5 Å². The highest BCUT2D eigenvalue weighted by Gasteiger charge is 2.26. The Kier molecular flexibility index (Phi) is 4.33. The molecule has 88 valence electrons. The van der Waals surface area contributed by atoms with Crippen LogP contribution in [-0.2, 0) is 17.9 Å². The SMILES string of the molecule is CC(C)(C)[S@+]([O-])NCc1cc(C#N)c(F)s1. The van der Waals surface area contributed by atoms with Crippen LogP contribution in [0.5, 0.6) is 0 Å². The minimum absolute atomic E-state index is 0.0448. The second-order valence-electron chi connectivity index (χ2n) is 4.21. The predicted molar refractivity (Wildman–Crippen MR) is 63.7 cm³/mol. The van der Waals surface area contributed by atoms with Gasteiger partial charge in [-0.05, 0) is 26.8 Å². The van der Waals surface area contributed by atoms with Crippen LogP contribution in [-0.4, -0.2) is 9.30 Å². The Hall–Kier alpha value is -0.610. The van der Waals surface area contributed by atoms with E-state index in [0.29, 0.717) is 11.4 Å². The fourth-order valence-electron chi connectivity index (χ4n) is 0.934. The second kappa shape index (κ2) is 5.15. The number of thiophene rings is 1. The van der Waals surface area contributed by atoms with Crippen LogP contribution < -0.4 is 4.72 Å². The lowest BCUT2D eigenvalue weighted by Crippen LogP contribution is -2.38. The van der Waals surface area contributed by atoms with Crippen molar-refractivity contribution in [2.45, 2.75) is 32.1 Å². The van der Waals surface area contributed by atoms with Gasteiger partial charge in [0.25, 0.3) is 0 Å². The largest absolute Gasteiger partial charge is 0.598 e. The van der Waals surface area contributed by atoms with E-state index in [0.717, 1.165) is 11.3 Å². The summed E-state index contributed by atoms with van der Waals surface area (Å²) in [4.78, 5) is 0.673. The predicted octanol–water partition coefficient (Wildman–Crippen LogP) is 2.31. The molecule has 0 bridgehead atoms. The van der Waals surface area contributed by atoms with Crippen LogP contribution in [0.2, 0.25) is 0 Å². The average Bonchev–Trinajstić information content (AvgIpc) is 2.54. The average molecular weight is 260 g/mol. The second-order valence-corrected chi connectivity index (χ2v) is 7.35. The summed E-state index contributed by atoms with van der Waals surface area (Å²) in [6.45, 7) is 5.87. The van der Waals surface area contributed by atoms with Crippen molar-refractivity contribution < 1.29 is 8.94 Å². The summed E-state index contributed by atoms with van der Waals surface area (Å²) in [6, 6.07) is 3.24. The number of nitrogens with one attached hydrogen (secondary N) is 1. The molecular weight excluding hydrogens is 247 g/mol. The van der Waals surface area contributed by atoms with Gasteiger partial charge in [-0.15, -0.1) is 16.1 Å². The van der Waals surface area contributed by atoms with Gasteiger partial charge in [-0.1, -0.05) is 0 Å². The first-order valence-electron chi connectivity index (χ1n) is 4.68. The van der Waals surface area contributed by atoms with Crippen LogP contribution in [0.1, 0.15) is 31.2 Å². The van der Waals surface area contributed by atoms with Crippen molar-refractivity contribution in [3.05, 3.63) is 21.6 Å². The molecule has 3 nitrogen and oxygen atoms in total. The lowest BCUT2D eigenvalue weighted by molar-refractivity contribution is 0.544. The molecule has 1 heterocycles. The molecule has 16 heavy (non-hydrogen) atoms. The van der Waals surface area contributed by atoms with Gasteiger partial charge in [-0.25, -0.2) is 0 Å². The fourth-order valence-corrected chi connectivity index (χ4v) is 2.51. The Bertz CT molecular complexity index is 406. The maximum atomic E-state index is 13.1. The highest BCUT2D eigenvalue weighted by molar-refractivity contribution is 7.90. The van der Waals surface area contributed by atoms with E-state index >= 15 is 0 Å². The molecule has 0 saturated carbocycles. The van der Waals surface area contributed by atoms with Crippen LogP contribution in [0.3, 0.4) is 0 Å². The molecule has 0 aromatic carbocycles. The minimum atomic E-state index is -1.19. The summed E-state index contributed by atoms with van der Waals surface area (Å²) < 4.78 is 27.2. The summed E-state index contributed by atoms with van der Waals surface area (Å²) in [6.07, 6.45) is 0. The number of hydrogen-bond donors (Lipinski definition) is 1. The summed E-state index contributed by atoms with van der Waals surface area (Å²) >= 11 is -0.280. The van der Waals surface area contributed by atoms with Crippen molar-refractivity contribution in [1.82, 2.24) is 4.72 Å². The van der Waals surface area contributed by atoms with Gasteiger partial charge in [0.15, 0.2) is 5.13 Å². The molecule has 6 heteroatoms. The molecule has 1 aromatic rings. The third kappa shape index (κ3) is 3.46. The fraction of sp³-hybridized carbons (Fsp3) is 0.500. The van der Waals surface area contributed by atoms with Crippen LogP contribution in [0.25, 0.3) is 0 Å². The van der Waals surface area contributed by atoms with E-state index in [1.54, 1.807) is 6.07 Å². The Morgan fingerprint density at radius 1 is 1.62 bits per heavy atom. The van der Waals surface area contributed by atoms with E-state index in [4.69, 9.17) is 5.26 Å². The van der Waals surface area contributed by atoms with Crippen molar-refractivity contribution in [1.29, 1.82) is 5.26 Å². The molecule has 1 atom stereocenters. The van der Waals surface area contributed by atoms with Gasteiger partial charge in [0.05, 0.1) is 12.1 Å². The highest BCUT2D eigenvalue weighted by atomic mass is 32.2. The van der Waals surface area contributed by atoms with Gasteiger partial charge in [-0.2, -0.15) is 9.65 Å². The van der Waals surface area contributed by atoms with Gasteiger partial charge in [0.2, 0.25) is 0 Å². The topological polar surface area (TPSA) is 58.9 Å². The van der Waals surface area contributed by atoms with Crippen molar-refractivity contribution in [3.8, 4) is 6.07 Å². The molecule has 0 amide bonds. The Morgan fingerprint density at radius 2 is 2.25 bits per heavy atom. The van der Waals surface area contributed by atoms with E-state index in [-0.39, 0.29) is 10.3 Å². The van der Waals surface area contributed by atoms with E-state index in [9.17, 15) is 8.94 Å². The normalized spacial score (nSPS) is 13.5. The zero-order chi connectivity index (χ0) is 12.3. The van der Waals surface area contributed by atoms with Crippen LogP contribution in [0.4, 0.5) is 4.39 Å². The highest BCUT2D eigenvalue weighted by Crippen LogP contribution is 2.21. The van der Waals surface area contributed by atoms with Gasteiger partial charge < -0.3 is 4.55 Å². The molecule has 1 N–H and O–H groups in total. The molecule has 0 spiro atoms. The Morgan fingerprint density at radius 3 is 2.69 bits per heavy atom. The van der Waals surface area contributed by atoms with Crippen molar-refractivity contribution in [2.75, 3.05) is 0 Å². The maximum Gasteiger partial charge on any atom is 0.194 e. The molecule has 1 aromatic heterocycles. The first-order chi connectivity index (χ1) is 7.34. The summed E-state index contributed by atoms with van der Waals surface area (Å²) in [7, 11) is 0. The number of hydrogen-bond acceptors (Lipinski definition) is 4. The molecule has 0 radical (unpaired) electrons. The zero-order valence-electron chi connectivity index (χ0n) is 9.33. The molecule has 0 fully saturated rings. The number of rotatable bonds is 3. The summed E-state index contributed by atoms with van der Waals surface area (Å²) in [5.74, 6) is 0. The molecule has 0 saturated heterocycles. The number of nitrogens with zero attached hydrogens (tertiary/aromatic N) is 1. The van der Waals surface area contributed by atoms with E-state index in [1.807, 2.05) is 20.8 Å². The van der Waals surface area contributed by atoms with Crippen LogP contribution >= 0.6 is 11.3 Å². The number of halogens is 1. The van der Waals surface area contributed by atoms with Gasteiger partial charge in [-0.3, -0.25) is 0 Å². The third-order valence-corrected chi connectivity index (χ3v) is 4.23. The smallest absolute Gasteiger partial charge is 0.194 e. The van der Waals surface area contributed by atoms with E-state index in [1.165, 1.54) is 6.07 Å². The minimum Gasteiger partial charge on any atom is -0.598 e. The Labute approximate surface area is 102 Å². The first-order valence-corrected chi connectivity index (χ1v) is 6.65. The van der Waals surface area contributed by atoms with Crippen molar-refractivity contribution in [3.63, 3.8) is 0 Å². The van der Waals surface area contributed by atoms with E-state index in [2.05, 4.69) is 4.72 Å². The quantitative estimate of drug-likeness (QED) is 0.848. The lowest BCUT2D eigenvalue weighted by Gasteiger charge is -2.23. The maximum absolute atomic E-state index is 13.1. The standard InChI is InChI=1S/C10H13FN2OS2/c1-10(2,3)16(14)13-6-8-4-7(5-12)9(11)15-8/h4,13H,6H2,1-3H3/t16-/m0/s1. The zero-order valence-corrected chi connectivity index (χ0v) is 11.0. The van der Waals surface area contributed by atoms with Gasteiger partial charge in [0.1, 0.15) is 10.8 Å². The summed E-state index contributed by atoms with van der Waals surface area (Å²) in [5, 5.41) is 8.09. The first kappa shape index (κ1) is 13.5. The van der Waals surface area contributed by atoms with E-state index < -0.39 is 16.5 Å². The van der Waals surface area contributed by atoms with Gasteiger partial charge in [0, 0.05) is 16.2 Å². The van der Waals surface area contributed by atoms with Crippen molar-refractivity contribution >= 4 is 22.7 Å². The Balaban J connectivity index is 2.59. The monoisotopic (exact) mass is 260 g/mol. The van der Waals surface area contributed by atoms with Gasteiger partial charge >= 0.3 is 0 Å². The molecular formula is C10H13FN2OS2. The van der Waals surface area contributed by atoms with Crippen LogP contribution in [0.15, 0.2) is 6.07 Å². The molecule has 1 rings (SSSR count). The number of nitriles is 1. The molecule has 0 aliphatic rings. The lowest BCUT2D eigenvalue weighted by atomic mass is 10.3. The third-order valence-electron chi connectivity index (χ3n) is 1.79. The molecule has 0 aliphatic heterocycles.